The van der Waals surface area contributed by atoms with Crippen molar-refractivity contribution in [3.05, 3.63) is 5.01 Å². The van der Waals surface area contributed by atoms with Gasteiger partial charge in [-0.1, -0.05) is 17.8 Å². The fourth-order valence-corrected chi connectivity index (χ4v) is 2.87. The van der Waals surface area contributed by atoms with E-state index < -0.39 is 0 Å². The van der Waals surface area contributed by atoms with Crippen LogP contribution in [0.1, 0.15) is 45.0 Å². The Kier molecular flexibility index (Phi) is 5.35. The highest BCUT2D eigenvalue weighted by Gasteiger charge is 2.20. The molecule has 5 nitrogen and oxygen atoms in total. The average molecular weight is 298 g/mol. The number of hydrogen-bond acceptors (Lipinski definition) is 6. The first kappa shape index (κ1) is 15.7. The van der Waals surface area contributed by atoms with Gasteiger partial charge in [-0.05, 0) is 47.2 Å². The predicted octanol–water partition coefficient (Wildman–Crippen LogP) is 2.29. The third-order valence-corrected chi connectivity index (χ3v) is 4.37. The van der Waals surface area contributed by atoms with E-state index in [0.29, 0.717) is 11.2 Å². The molecule has 1 aromatic rings. The van der Waals surface area contributed by atoms with Gasteiger partial charge in [-0.25, -0.2) is 0 Å². The Morgan fingerprint density at radius 3 is 2.85 bits per heavy atom. The van der Waals surface area contributed by atoms with Crippen LogP contribution in [0.25, 0.3) is 0 Å². The first-order valence-corrected chi connectivity index (χ1v) is 8.16. The van der Waals surface area contributed by atoms with Crippen LogP contribution >= 0.6 is 11.3 Å². The van der Waals surface area contributed by atoms with Gasteiger partial charge in [0.05, 0.1) is 6.54 Å². The van der Waals surface area contributed by atoms with E-state index in [9.17, 15) is 0 Å². The van der Waals surface area contributed by atoms with E-state index in [2.05, 4.69) is 48.2 Å². The van der Waals surface area contributed by atoms with Gasteiger partial charge in [0, 0.05) is 11.6 Å². The molecule has 0 saturated carbocycles. The maximum atomic E-state index is 5.80. The van der Waals surface area contributed by atoms with Crippen molar-refractivity contribution >= 4 is 11.3 Å². The smallest absolute Gasteiger partial charge is 0.294 e. The Morgan fingerprint density at radius 1 is 1.35 bits per heavy atom. The summed E-state index contributed by atoms with van der Waals surface area (Å²) < 4.78 is 5.80. The number of likely N-dealkylation sites (N-methyl/N-ethyl adjacent to an activating group) is 1. The molecule has 20 heavy (non-hydrogen) atoms. The lowest BCUT2D eigenvalue weighted by molar-refractivity contribution is 0.124. The molecule has 1 aliphatic heterocycles. The predicted molar refractivity (Wildman–Crippen MR) is 82.3 cm³/mol. The van der Waals surface area contributed by atoms with Crippen LogP contribution in [0.3, 0.4) is 0 Å². The van der Waals surface area contributed by atoms with Gasteiger partial charge in [-0.15, -0.1) is 10.2 Å². The van der Waals surface area contributed by atoms with E-state index in [4.69, 9.17) is 4.74 Å². The van der Waals surface area contributed by atoms with Gasteiger partial charge in [-0.3, -0.25) is 0 Å². The molecule has 0 amide bonds. The molecule has 2 heterocycles. The summed E-state index contributed by atoms with van der Waals surface area (Å²) in [4.78, 5) is 2.38. The number of ether oxygens (including phenoxy) is 1. The molecule has 0 bridgehead atoms. The lowest BCUT2D eigenvalue weighted by atomic mass is 10.0. The summed E-state index contributed by atoms with van der Waals surface area (Å²) >= 11 is 1.54. The average Bonchev–Trinajstić information content (AvgIpc) is 2.83. The summed E-state index contributed by atoms with van der Waals surface area (Å²) in [5.41, 5.74) is 0.0947. The Morgan fingerprint density at radius 2 is 2.15 bits per heavy atom. The monoisotopic (exact) mass is 298 g/mol. The Bertz CT molecular complexity index is 416. The van der Waals surface area contributed by atoms with Crippen molar-refractivity contribution in [2.24, 2.45) is 0 Å². The molecule has 0 aliphatic carbocycles. The van der Waals surface area contributed by atoms with Gasteiger partial charge in [0.2, 0.25) is 0 Å². The first-order chi connectivity index (χ1) is 9.44. The fourth-order valence-electron chi connectivity index (χ4n) is 2.23. The molecule has 1 N–H and O–H groups in total. The minimum Gasteiger partial charge on any atom is -0.467 e. The van der Waals surface area contributed by atoms with Crippen molar-refractivity contribution in [2.45, 2.75) is 58.2 Å². The molecule has 1 saturated heterocycles. The van der Waals surface area contributed by atoms with Crippen LogP contribution in [-0.2, 0) is 6.54 Å². The number of nitrogens with one attached hydrogen (secondary N) is 1. The third kappa shape index (κ3) is 5.00. The molecular formula is C14H26N4OS. The first-order valence-electron chi connectivity index (χ1n) is 7.34. The summed E-state index contributed by atoms with van der Waals surface area (Å²) in [6.07, 6.45) is 3.82. The normalized spacial score (nSPS) is 21.1. The summed E-state index contributed by atoms with van der Waals surface area (Å²) in [5.74, 6) is 0. The molecule has 114 valence electrons. The van der Waals surface area contributed by atoms with E-state index >= 15 is 0 Å². The molecule has 1 fully saturated rings. The van der Waals surface area contributed by atoms with Gasteiger partial charge in [-0.2, -0.15) is 0 Å². The lowest BCUT2D eigenvalue weighted by Gasteiger charge is -2.31. The van der Waals surface area contributed by atoms with Crippen molar-refractivity contribution in [2.75, 3.05) is 20.2 Å². The molecule has 2 rings (SSSR count). The minimum absolute atomic E-state index is 0.0947. The largest absolute Gasteiger partial charge is 0.467 e. The summed E-state index contributed by atoms with van der Waals surface area (Å²) in [6.45, 7) is 9.07. The second-order valence-electron chi connectivity index (χ2n) is 6.51. The maximum Gasteiger partial charge on any atom is 0.294 e. The highest BCUT2D eigenvalue weighted by atomic mass is 32.1. The van der Waals surface area contributed by atoms with Crippen molar-refractivity contribution < 1.29 is 4.74 Å². The Labute approximate surface area is 125 Å². The van der Waals surface area contributed by atoms with E-state index in [-0.39, 0.29) is 5.54 Å². The topological polar surface area (TPSA) is 50.3 Å². The van der Waals surface area contributed by atoms with E-state index in [1.807, 2.05) is 0 Å². The van der Waals surface area contributed by atoms with Crippen LogP contribution in [0, 0.1) is 0 Å². The van der Waals surface area contributed by atoms with Crippen LogP contribution < -0.4 is 10.1 Å². The number of piperidine rings is 1. The van der Waals surface area contributed by atoms with Crippen molar-refractivity contribution in [3.8, 4) is 5.19 Å². The summed E-state index contributed by atoms with van der Waals surface area (Å²) in [6, 6.07) is 0.517. The van der Waals surface area contributed by atoms with Crippen LogP contribution in [0.4, 0.5) is 0 Å². The Hall–Kier alpha value is -0.720. The molecule has 6 heteroatoms. The second kappa shape index (κ2) is 6.83. The van der Waals surface area contributed by atoms with Crippen LogP contribution in [0.2, 0.25) is 0 Å². The third-order valence-electron chi connectivity index (χ3n) is 3.54. The number of hydrogen-bond donors (Lipinski definition) is 1. The molecule has 0 radical (unpaired) electrons. The number of nitrogens with zero attached hydrogens (tertiary/aromatic N) is 3. The van der Waals surface area contributed by atoms with Gasteiger partial charge in [0.15, 0.2) is 0 Å². The highest BCUT2D eigenvalue weighted by Crippen LogP contribution is 2.21. The minimum atomic E-state index is 0.0947. The van der Waals surface area contributed by atoms with Crippen molar-refractivity contribution in [1.82, 2.24) is 20.4 Å². The molecule has 1 aliphatic rings. The number of likely N-dealkylation sites (tertiary alicyclic amines) is 1. The van der Waals surface area contributed by atoms with Gasteiger partial charge < -0.3 is 15.0 Å². The van der Waals surface area contributed by atoms with Crippen molar-refractivity contribution in [3.63, 3.8) is 0 Å². The highest BCUT2D eigenvalue weighted by molar-refractivity contribution is 7.13. The number of aromatic nitrogens is 2. The fraction of sp³-hybridized carbons (Fsp3) is 0.857. The molecule has 1 aromatic heterocycles. The van der Waals surface area contributed by atoms with Gasteiger partial charge in [0.1, 0.15) is 11.6 Å². The second-order valence-corrected chi connectivity index (χ2v) is 7.53. The zero-order valence-electron chi connectivity index (χ0n) is 13.0. The molecule has 0 aromatic carbocycles. The summed E-state index contributed by atoms with van der Waals surface area (Å²) in [5, 5.41) is 13.4. The molecule has 1 unspecified atom stereocenters. The lowest BCUT2D eigenvalue weighted by Crippen LogP contribution is -2.40. The SMILES string of the molecule is CN1CCCCC1COc1nnc(CNC(C)(C)C)s1. The Balaban J connectivity index is 1.77. The molecule has 1 atom stereocenters. The van der Waals surface area contributed by atoms with Crippen molar-refractivity contribution in [1.29, 1.82) is 0 Å². The zero-order chi connectivity index (χ0) is 14.6. The van der Waals surface area contributed by atoms with E-state index in [1.165, 1.54) is 37.1 Å². The van der Waals surface area contributed by atoms with Crippen LogP contribution in [0.5, 0.6) is 5.19 Å². The summed E-state index contributed by atoms with van der Waals surface area (Å²) in [7, 11) is 2.17. The van der Waals surface area contributed by atoms with Gasteiger partial charge >= 0.3 is 0 Å². The maximum absolute atomic E-state index is 5.80. The standard InChI is InChI=1S/C14H26N4OS/c1-14(2,3)15-9-12-16-17-13(20-12)19-10-11-7-5-6-8-18(11)4/h11,15H,5-10H2,1-4H3. The molecule has 0 spiro atoms. The number of rotatable bonds is 5. The van der Waals surface area contributed by atoms with Crippen LogP contribution in [0.15, 0.2) is 0 Å². The van der Waals surface area contributed by atoms with Gasteiger partial charge in [0.25, 0.3) is 5.19 Å². The zero-order valence-corrected chi connectivity index (χ0v) is 13.8. The molecular weight excluding hydrogens is 272 g/mol. The van der Waals surface area contributed by atoms with E-state index in [0.717, 1.165) is 18.2 Å². The van der Waals surface area contributed by atoms with Crippen LogP contribution in [-0.4, -0.2) is 46.9 Å². The van der Waals surface area contributed by atoms with E-state index in [1.54, 1.807) is 0 Å². The quantitative estimate of drug-likeness (QED) is 0.904.